The van der Waals surface area contributed by atoms with E-state index in [4.69, 9.17) is 9.84 Å². The average molecular weight is 302 g/mol. The first kappa shape index (κ1) is 19.7. The van der Waals surface area contributed by atoms with Gasteiger partial charge < -0.3 is 20.1 Å². The minimum absolute atomic E-state index is 0.0324. The van der Waals surface area contributed by atoms with Gasteiger partial charge in [0.15, 0.2) is 0 Å². The SMILES string of the molecule is COCCC(C)(C)CNC(=O)N(CCCC(=O)O)C(C)C. The van der Waals surface area contributed by atoms with E-state index in [1.165, 1.54) is 0 Å². The Hall–Kier alpha value is -1.30. The molecule has 0 rings (SSSR count). The van der Waals surface area contributed by atoms with Crippen LogP contribution in [0.4, 0.5) is 4.79 Å². The molecule has 0 fully saturated rings. The summed E-state index contributed by atoms with van der Waals surface area (Å²) in [6.45, 7) is 9.70. The van der Waals surface area contributed by atoms with Gasteiger partial charge in [-0.2, -0.15) is 0 Å². The fourth-order valence-corrected chi connectivity index (χ4v) is 1.88. The predicted molar refractivity (Wildman–Crippen MR) is 82.4 cm³/mol. The van der Waals surface area contributed by atoms with Crippen LogP contribution in [0.3, 0.4) is 0 Å². The van der Waals surface area contributed by atoms with Crippen LogP contribution in [0.2, 0.25) is 0 Å². The highest BCUT2D eigenvalue weighted by Gasteiger charge is 2.22. The predicted octanol–water partition coefficient (Wildman–Crippen LogP) is 2.33. The molecular formula is C15H30N2O4. The number of nitrogens with one attached hydrogen (secondary N) is 1. The molecule has 0 aliphatic carbocycles. The molecule has 21 heavy (non-hydrogen) atoms. The molecule has 0 spiro atoms. The maximum absolute atomic E-state index is 12.2. The smallest absolute Gasteiger partial charge is 0.317 e. The number of rotatable bonds is 10. The third kappa shape index (κ3) is 9.28. The van der Waals surface area contributed by atoms with Crippen molar-refractivity contribution in [3.05, 3.63) is 0 Å². The summed E-state index contributed by atoms with van der Waals surface area (Å²) in [4.78, 5) is 24.4. The van der Waals surface area contributed by atoms with Crippen molar-refractivity contribution in [2.75, 3.05) is 26.8 Å². The molecule has 0 saturated carbocycles. The second-order valence-corrected chi connectivity index (χ2v) is 6.35. The second-order valence-electron chi connectivity index (χ2n) is 6.35. The number of nitrogens with zero attached hydrogens (tertiary/aromatic N) is 1. The lowest BCUT2D eigenvalue weighted by Gasteiger charge is -2.30. The van der Waals surface area contributed by atoms with Crippen LogP contribution in [0.25, 0.3) is 0 Å². The molecule has 0 unspecified atom stereocenters. The van der Waals surface area contributed by atoms with Gasteiger partial charge in [0.05, 0.1) is 0 Å². The summed E-state index contributed by atoms with van der Waals surface area (Å²) in [5.74, 6) is -0.834. The highest BCUT2D eigenvalue weighted by atomic mass is 16.5. The lowest BCUT2D eigenvalue weighted by atomic mass is 9.90. The zero-order valence-electron chi connectivity index (χ0n) is 13.9. The van der Waals surface area contributed by atoms with Crippen molar-refractivity contribution in [2.24, 2.45) is 5.41 Å². The van der Waals surface area contributed by atoms with Gasteiger partial charge in [0, 0.05) is 39.3 Å². The summed E-state index contributed by atoms with van der Waals surface area (Å²) in [6.07, 6.45) is 1.41. The van der Waals surface area contributed by atoms with Gasteiger partial charge in [-0.25, -0.2) is 4.79 Å². The Labute approximate surface area is 127 Å². The third-order valence-corrected chi connectivity index (χ3v) is 3.37. The Morgan fingerprint density at radius 2 is 1.95 bits per heavy atom. The molecular weight excluding hydrogens is 272 g/mol. The van der Waals surface area contributed by atoms with Crippen LogP contribution in [0, 0.1) is 5.41 Å². The van der Waals surface area contributed by atoms with Gasteiger partial charge >= 0.3 is 12.0 Å². The number of carbonyl (C=O) groups is 2. The largest absolute Gasteiger partial charge is 0.481 e. The van der Waals surface area contributed by atoms with Crippen molar-refractivity contribution in [1.29, 1.82) is 0 Å². The zero-order valence-corrected chi connectivity index (χ0v) is 13.9. The van der Waals surface area contributed by atoms with Crippen LogP contribution in [-0.2, 0) is 9.53 Å². The third-order valence-electron chi connectivity index (χ3n) is 3.37. The van der Waals surface area contributed by atoms with Gasteiger partial charge in [-0.3, -0.25) is 4.79 Å². The number of urea groups is 1. The molecule has 0 atom stereocenters. The highest BCUT2D eigenvalue weighted by Crippen LogP contribution is 2.19. The Morgan fingerprint density at radius 3 is 2.43 bits per heavy atom. The van der Waals surface area contributed by atoms with Crippen LogP contribution in [0.15, 0.2) is 0 Å². The highest BCUT2D eigenvalue weighted by molar-refractivity contribution is 5.74. The normalized spacial score (nSPS) is 11.5. The molecule has 0 saturated heterocycles. The molecule has 2 N–H and O–H groups in total. The van der Waals surface area contributed by atoms with Crippen LogP contribution in [-0.4, -0.2) is 54.9 Å². The van der Waals surface area contributed by atoms with Gasteiger partial charge in [-0.15, -0.1) is 0 Å². The molecule has 0 radical (unpaired) electrons. The summed E-state index contributed by atoms with van der Waals surface area (Å²) in [5.41, 5.74) is -0.0324. The number of methoxy groups -OCH3 is 1. The lowest BCUT2D eigenvalue weighted by Crippen LogP contribution is -2.47. The molecule has 0 aromatic rings. The Bertz CT molecular complexity index is 330. The maximum Gasteiger partial charge on any atom is 0.317 e. The zero-order chi connectivity index (χ0) is 16.5. The molecule has 2 amide bonds. The molecule has 0 aromatic carbocycles. The molecule has 0 heterocycles. The fraction of sp³-hybridized carbons (Fsp3) is 0.867. The van der Waals surface area contributed by atoms with Crippen LogP contribution in [0.5, 0.6) is 0 Å². The summed E-state index contributed by atoms with van der Waals surface area (Å²) in [7, 11) is 1.66. The lowest BCUT2D eigenvalue weighted by molar-refractivity contribution is -0.137. The summed E-state index contributed by atoms with van der Waals surface area (Å²) in [6, 6.07) is -0.0956. The van der Waals surface area contributed by atoms with Crippen molar-refractivity contribution in [3.8, 4) is 0 Å². The minimum Gasteiger partial charge on any atom is -0.481 e. The van der Waals surface area contributed by atoms with E-state index in [-0.39, 0.29) is 23.9 Å². The van der Waals surface area contributed by atoms with Crippen molar-refractivity contribution >= 4 is 12.0 Å². The van der Waals surface area contributed by atoms with E-state index in [0.29, 0.717) is 26.1 Å². The fourth-order valence-electron chi connectivity index (χ4n) is 1.88. The monoisotopic (exact) mass is 302 g/mol. The first-order valence-electron chi connectivity index (χ1n) is 7.45. The van der Waals surface area contributed by atoms with Crippen molar-refractivity contribution < 1.29 is 19.4 Å². The second kappa shape index (κ2) is 9.60. The number of carboxylic acid groups (broad SMARTS) is 1. The standard InChI is InChI=1S/C15H30N2O4/c1-12(2)17(9-6-7-13(18)19)14(20)16-11-15(3,4)8-10-21-5/h12H,6-11H2,1-5H3,(H,16,20)(H,18,19). The van der Waals surface area contributed by atoms with E-state index in [2.05, 4.69) is 19.2 Å². The molecule has 0 bridgehead atoms. The van der Waals surface area contributed by atoms with E-state index in [1.807, 2.05) is 13.8 Å². The van der Waals surface area contributed by atoms with E-state index in [1.54, 1.807) is 12.0 Å². The molecule has 0 aliphatic rings. The average Bonchev–Trinajstić information content (AvgIpc) is 2.38. The van der Waals surface area contributed by atoms with Crippen LogP contribution < -0.4 is 5.32 Å². The van der Waals surface area contributed by atoms with E-state index >= 15 is 0 Å². The number of amides is 2. The number of hydrogen-bond donors (Lipinski definition) is 2. The van der Waals surface area contributed by atoms with E-state index in [0.717, 1.165) is 6.42 Å². The van der Waals surface area contributed by atoms with Crippen molar-refractivity contribution in [3.63, 3.8) is 0 Å². The summed E-state index contributed by atoms with van der Waals surface area (Å²) >= 11 is 0. The minimum atomic E-state index is -0.834. The molecule has 124 valence electrons. The van der Waals surface area contributed by atoms with Gasteiger partial charge in [0.25, 0.3) is 0 Å². The first-order valence-corrected chi connectivity index (χ1v) is 7.45. The summed E-state index contributed by atoms with van der Waals surface area (Å²) < 4.78 is 5.07. The topological polar surface area (TPSA) is 78.9 Å². The molecule has 0 aliphatic heterocycles. The Balaban J connectivity index is 4.32. The van der Waals surface area contributed by atoms with Crippen LogP contribution in [0.1, 0.15) is 47.0 Å². The number of carboxylic acids is 1. The first-order chi connectivity index (χ1) is 9.69. The number of ether oxygens (including phenoxy) is 1. The van der Waals surface area contributed by atoms with E-state index in [9.17, 15) is 9.59 Å². The number of aliphatic carboxylic acids is 1. The van der Waals surface area contributed by atoms with Crippen LogP contribution >= 0.6 is 0 Å². The quantitative estimate of drug-likeness (QED) is 0.649. The van der Waals surface area contributed by atoms with Gasteiger partial charge in [0.1, 0.15) is 0 Å². The number of hydrogen-bond acceptors (Lipinski definition) is 3. The molecule has 6 nitrogen and oxygen atoms in total. The summed E-state index contributed by atoms with van der Waals surface area (Å²) in [5, 5.41) is 11.6. The van der Waals surface area contributed by atoms with Crippen molar-refractivity contribution in [2.45, 2.75) is 53.0 Å². The molecule has 6 heteroatoms. The number of carbonyl (C=O) groups excluding carboxylic acids is 1. The van der Waals surface area contributed by atoms with Gasteiger partial charge in [0.2, 0.25) is 0 Å². The maximum atomic E-state index is 12.2. The van der Waals surface area contributed by atoms with E-state index < -0.39 is 5.97 Å². The Kier molecular flexibility index (Phi) is 9.01. The molecule has 0 aromatic heterocycles. The Morgan fingerprint density at radius 1 is 1.33 bits per heavy atom. The van der Waals surface area contributed by atoms with Gasteiger partial charge in [-0.1, -0.05) is 13.8 Å². The van der Waals surface area contributed by atoms with Crippen molar-refractivity contribution in [1.82, 2.24) is 10.2 Å². The van der Waals surface area contributed by atoms with Gasteiger partial charge in [-0.05, 0) is 32.1 Å².